The average molecular weight is 304 g/mol. The number of hydrogen-bond donors (Lipinski definition) is 0. The van der Waals surface area contributed by atoms with Crippen molar-refractivity contribution >= 4 is 5.91 Å². The number of piperidine rings is 1. The van der Waals surface area contributed by atoms with Gasteiger partial charge in [-0.3, -0.25) is 4.79 Å². The topological polar surface area (TPSA) is 55.6 Å². The van der Waals surface area contributed by atoms with Crippen LogP contribution in [-0.2, 0) is 4.74 Å². The Balaban J connectivity index is 1.33. The molecule has 1 atom stereocenters. The normalized spacial score (nSPS) is 27.1. The van der Waals surface area contributed by atoms with Gasteiger partial charge in [-0.15, -0.1) is 0 Å². The van der Waals surface area contributed by atoms with E-state index in [2.05, 4.69) is 5.16 Å². The Morgan fingerprint density at radius 3 is 2.64 bits per heavy atom. The van der Waals surface area contributed by atoms with Crippen LogP contribution in [0.1, 0.15) is 60.7 Å². The van der Waals surface area contributed by atoms with Gasteiger partial charge in [0, 0.05) is 38.3 Å². The minimum Gasteiger partial charge on any atom is -0.381 e. The summed E-state index contributed by atoms with van der Waals surface area (Å²) in [6.45, 7) is 3.51. The average Bonchev–Trinajstić information content (AvgIpc) is 3.32. The van der Waals surface area contributed by atoms with Gasteiger partial charge in [0.2, 0.25) is 0 Å². The van der Waals surface area contributed by atoms with Crippen LogP contribution in [0.3, 0.4) is 0 Å². The van der Waals surface area contributed by atoms with E-state index in [0.717, 1.165) is 57.7 Å². The summed E-state index contributed by atoms with van der Waals surface area (Å²) in [6, 6.07) is 1.85. The fourth-order valence-corrected chi connectivity index (χ4v) is 3.82. The van der Waals surface area contributed by atoms with Gasteiger partial charge in [-0.1, -0.05) is 5.16 Å². The van der Waals surface area contributed by atoms with Crippen molar-refractivity contribution in [3.63, 3.8) is 0 Å². The molecule has 2 saturated heterocycles. The molecule has 1 unspecified atom stereocenters. The van der Waals surface area contributed by atoms with E-state index in [9.17, 15) is 4.79 Å². The molecule has 1 aromatic heterocycles. The quantitative estimate of drug-likeness (QED) is 0.861. The van der Waals surface area contributed by atoms with Crippen LogP contribution < -0.4 is 0 Å². The van der Waals surface area contributed by atoms with Gasteiger partial charge in [0.05, 0.1) is 0 Å². The molecule has 3 fully saturated rings. The first-order valence-corrected chi connectivity index (χ1v) is 8.65. The van der Waals surface area contributed by atoms with Crippen LogP contribution in [0.4, 0.5) is 0 Å². The Hall–Kier alpha value is -1.36. The van der Waals surface area contributed by atoms with Crippen molar-refractivity contribution in [3.05, 3.63) is 17.5 Å². The highest BCUT2D eigenvalue weighted by Crippen LogP contribution is 2.40. The largest absolute Gasteiger partial charge is 0.381 e. The summed E-state index contributed by atoms with van der Waals surface area (Å²) in [4.78, 5) is 14.5. The lowest BCUT2D eigenvalue weighted by molar-refractivity contribution is 0.0139. The second kappa shape index (κ2) is 6.03. The zero-order valence-electron chi connectivity index (χ0n) is 13.0. The Labute approximate surface area is 131 Å². The molecular formula is C17H24N2O3. The Morgan fingerprint density at radius 2 is 1.95 bits per heavy atom. The number of ether oxygens (including phenoxy) is 1. The fraction of sp³-hybridized carbons (Fsp3) is 0.765. The van der Waals surface area contributed by atoms with Crippen LogP contribution in [-0.4, -0.2) is 42.3 Å². The summed E-state index contributed by atoms with van der Waals surface area (Å²) in [6.07, 6.45) is 6.98. The first-order chi connectivity index (χ1) is 10.8. The molecule has 1 amide bonds. The van der Waals surface area contributed by atoms with Gasteiger partial charge in [0.15, 0.2) is 5.69 Å². The number of likely N-dealkylation sites (tertiary alicyclic amines) is 1. The molecule has 22 heavy (non-hydrogen) atoms. The van der Waals surface area contributed by atoms with Crippen LogP contribution in [0.5, 0.6) is 0 Å². The zero-order valence-corrected chi connectivity index (χ0v) is 13.0. The van der Waals surface area contributed by atoms with E-state index in [4.69, 9.17) is 9.26 Å². The van der Waals surface area contributed by atoms with E-state index in [1.165, 1.54) is 12.8 Å². The van der Waals surface area contributed by atoms with E-state index < -0.39 is 0 Å². The molecule has 0 N–H and O–H groups in total. The third-order valence-corrected chi connectivity index (χ3v) is 5.42. The molecule has 0 radical (unpaired) electrons. The van der Waals surface area contributed by atoms with Crippen molar-refractivity contribution in [1.82, 2.24) is 10.1 Å². The van der Waals surface area contributed by atoms with E-state index in [1.807, 2.05) is 11.0 Å². The summed E-state index contributed by atoms with van der Waals surface area (Å²) in [5.41, 5.74) is 0.487. The molecule has 1 aliphatic carbocycles. The van der Waals surface area contributed by atoms with Gasteiger partial charge in [0.25, 0.3) is 5.91 Å². The highest BCUT2D eigenvalue weighted by Gasteiger charge is 2.32. The van der Waals surface area contributed by atoms with E-state index >= 15 is 0 Å². The second-order valence-corrected chi connectivity index (χ2v) is 7.00. The number of carbonyl (C=O) groups excluding carboxylic acids is 1. The van der Waals surface area contributed by atoms with Crippen LogP contribution in [0, 0.1) is 11.8 Å². The number of aromatic nitrogens is 1. The number of rotatable bonds is 3. The highest BCUT2D eigenvalue weighted by molar-refractivity contribution is 5.92. The number of amides is 1. The first kappa shape index (κ1) is 14.2. The van der Waals surface area contributed by atoms with Crippen molar-refractivity contribution < 1.29 is 14.1 Å². The van der Waals surface area contributed by atoms with Gasteiger partial charge in [0.1, 0.15) is 5.76 Å². The number of hydrogen-bond acceptors (Lipinski definition) is 4. The monoisotopic (exact) mass is 304 g/mol. The molecular weight excluding hydrogens is 280 g/mol. The Kier molecular flexibility index (Phi) is 3.90. The molecule has 4 rings (SSSR count). The smallest absolute Gasteiger partial charge is 0.276 e. The molecule has 2 aliphatic heterocycles. The van der Waals surface area contributed by atoms with Gasteiger partial charge in [-0.25, -0.2) is 0 Å². The lowest BCUT2D eigenvalue weighted by Crippen LogP contribution is -2.41. The molecule has 1 saturated carbocycles. The predicted molar refractivity (Wildman–Crippen MR) is 80.6 cm³/mol. The molecule has 5 heteroatoms. The van der Waals surface area contributed by atoms with Crippen LogP contribution in [0.2, 0.25) is 0 Å². The number of carbonyl (C=O) groups is 1. The zero-order chi connectivity index (χ0) is 14.9. The van der Waals surface area contributed by atoms with Crippen LogP contribution >= 0.6 is 0 Å². The van der Waals surface area contributed by atoms with Gasteiger partial charge in [-0.2, -0.15) is 0 Å². The summed E-state index contributed by atoms with van der Waals surface area (Å²) in [5, 5.41) is 3.98. The summed E-state index contributed by atoms with van der Waals surface area (Å²) < 4.78 is 10.9. The van der Waals surface area contributed by atoms with Gasteiger partial charge in [-0.05, 0) is 50.4 Å². The summed E-state index contributed by atoms with van der Waals surface area (Å²) in [5.74, 6) is 2.83. The van der Waals surface area contributed by atoms with Crippen LogP contribution in [0.25, 0.3) is 0 Å². The maximum atomic E-state index is 12.5. The number of nitrogens with zero attached hydrogens (tertiary/aromatic N) is 2. The third-order valence-electron chi connectivity index (χ3n) is 5.42. The van der Waals surface area contributed by atoms with Crippen molar-refractivity contribution in [3.8, 4) is 0 Å². The molecule has 0 bridgehead atoms. The molecule has 5 nitrogen and oxygen atoms in total. The van der Waals surface area contributed by atoms with E-state index in [0.29, 0.717) is 23.4 Å². The minimum atomic E-state index is 0.0361. The summed E-state index contributed by atoms with van der Waals surface area (Å²) >= 11 is 0. The fourth-order valence-electron chi connectivity index (χ4n) is 3.82. The van der Waals surface area contributed by atoms with Crippen molar-refractivity contribution in [2.45, 2.75) is 44.4 Å². The molecule has 3 heterocycles. The van der Waals surface area contributed by atoms with E-state index in [1.54, 1.807) is 0 Å². The highest BCUT2D eigenvalue weighted by atomic mass is 16.5. The lowest BCUT2D eigenvalue weighted by atomic mass is 9.81. The SMILES string of the molecule is O=C(c1cc(C2CC2)on1)N1CCC(C2CCCOC2)CC1. The van der Waals surface area contributed by atoms with Crippen molar-refractivity contribution in [2.24, 2.45) is 11.8 Å². The van der Waals surface area contributed by atoms with Gasteiger partial charge < -0.3 is 14.2 Å². The standard InChI is InChI=1S/C17H24N2O3/c20-17(15-10-16(22-18-15)13-3-4-13)19-7-5-12(6-8-19)14-2-1-9-21-11-14/h10,12-14H,1-9,11H2. The van der Waals surface area contributed by atoms with Gasteiger partial charge >= 0.3 is 0 Å². The lowest BCUT2D eigenvalue weighted by Gasteiger charge is -2.37. The Morgan fingerprint density at radius 1 is 1.14 bits per heavy atom. The third kappa shape index (κ3) is 2.91. The Bertz CT molecular complexity index is 524. The molecule has 0 spiro atoms. The maximum Gasteiger partial charge on any atom is 0.276 e. The molecule has 0 aromatic carbocycles. The van der Waals surface area contributed by atoms with Crippen LogP contribution in [0.15, 0.2) is 10.6 Å². The van der Waals surface area contributed by atoms with Crippen molar-refractivity contribution in [1.29, 1.82) is 0 Å². The first-order valence-electron chi connectivity index (χ1n) is 8.65. The van der Waals surface area contributed by atoms with Crippen molar-refractivity contribution in [2.75, 3.05) is 26.3 Å². The van der Waals surface area contributed by atoms with E-state index in [-0.39, 0.29) is 5.91 Å². The second-order valence-electron chi connectivity index (χ2n) is 7.00. The molecule has 1 aromatic rings. The maximum absolute atomic E-state index is 12.5. The predicted octanol–water partition coefficient (Wildman–Crippen LogP) is 2.83. The molecule has 120 valence electrons. The summed E-state index contributed by atoms with van der Waals surface area (Å²) in [7, 11) is 0. The molecule has 3 aliphatic rings. The minimum absolute atomic E-state index is 0.0361.